The summed E-state index contributed by atoms with van der Waals surface area (Å²) in [5, 5.41) is 0.821. The number of H-pyrrole nitrogens is 1. The summed E-state index contributed by atoms with van der Waals surface area (Å²) in [6.07, 6.45) is 0.782. The lowest BCUT2D eigenvalue weighted by molar-refractivity contribution is 0.0318. The Hall–Kier alpha value is -2.40. The van der Waals surface area contributed by atoms with Gasteiger partial charge in [-0.05, 0) is 41.1 Å². The molecule has 1 atom stereocenters. The van der Waals surface area contributed by atoms with Crippen LogP contribution in [0.4, 0.5) is 0 Å². The van der Waals surface area contributed by atoms with Gasteiger partial charge in [0.1, 0.15) is 0 Å². The minimum absolute atomic E-state index is 0.233. The van der Waals surface area contributed by atoms with Gasteiger partial charge in [0.15, 0.2) is 6.10 Å². The summed E-state index contributed by atoms with van der Waals surface area (Å²) >= 11 is 3.30. The molecule has 1 aromatic heterocycles. The zero-order valence-electron chi connectivity index (χ0n) is 12.4. The van der Waals surface area contributed by atoms with Crippen LogP contribution in [0.3, 0.4) is 0 Å². The summed E-state index contributed by atoms with van der Waals surface area (Å²) in [5.41, 5.74) is 1.79. The fourth-order valence-electron chi connectivity index (χ4n) is 2.40. The van der Waals surface area contributed by atoms with Crippen LogP contribution in [0.2, 0.25) is 0 Å². The predicted molar refractivity (Wildman–Crippen MR) is 91.6 cm³/mol. The van der Waals surface area contributed by atoms with E-state index in [1.165, 1.54) is 0 Å². The molecular weight excluding hydrogens is 358 g/mol. The van der Waals surface area contributed by atoms with Gasteiger partial charge in [-0.1, -0.05) is 30.3 Å². The van der Waals surface area contributed by atoms with E-state index in [1.54, 1.807) is 37.4 Å². The molecule has 0 saturated heterocycles. The molecule has 0 amide bonds. The standard InChI is InChI=1S/C18H14BrNO3/c1-11(23-18(22)13-7-2-4-8-15(13)19)17(21)14-10-20-16-9-5-3-6-12(14)16/h2-11,20H,1H3/t11-/m1/s1. The molecule has 0 saturated carbocycles. The highest BCUT2D eigenvalue weighted by Gasteiger charge is 2.23. The van der Waals surface area contributed by atoms with Gasteiger partial charge in [-0.3, -0.25) is 4.79 Å². The zero-order chi connectivity index (χ0) is 16.4. The number of nitrogens with one attached hydrogen (secondary N) is 1. The average Bonchev–Trinajstić information content (AvgIpc) is 2.98. The number of benzene rings is 2. The molecule has 1 heterocycles. The van der Waals surface area contributed by atoms with Crippen LogP contribution in [0.15, 0.2) is 59.2 Å². The number of esters is 1. The second-order valence-corrected chi connectivity index (χ2v) is 5.99. The number of aromatic amines is 1. The van der Waals surface area contributed by atoms with Crippen molar-refractivity contribution in [3.63, 3.8) is 0 Å². The van der Waals surface area contributed by atoms with Crippen molar-refractivity contribution in [1.82, 2.24) is 4.98 Å². The molecule has 4 nitrogen and oxygen atoms in total. The van der Waals surface area contributed by atoms with Gasteiger partial charge >= 0.3 is 5.97 Å². The number of fused-ring (bicyclic) bond motifs is 1. The lowest BCUT2D eigenvalue weighted by atomic mass is 10.1. The number of halogens is 1. The smallest absolute Gasteiger partial charge is 0.339 e. The molecule has 2 aromatic carbocycles. The van der Waals surface area contributed by atoms with E-state index >= 15 is 0 Å². The fourth-order valence-corrected chi connectivity index (χ4v) is 2.85. The average molecular weight is 372 g/mol. The van der Waals surface area contributed by atoms with Gasteiger partial charge in [0.25, 0.3) is 0 Å². The maximum absolute atomic E-state index is 12.6. The second-order valence-electron chi connectivity index (χ2n) is 5.14. The summed E-state index contributed by atoms with van der Waals surface area (Å²) < 4.78 is 5.96. The van der Waals surface area contributed by atoms with Gasteiger partial charge in [-0.25, -0.2) is 4.79 Å². The number of para-hydroxylation sites is 1. The number of hydrogen-bond donors (Lipinski definition) is 1. The third-order valence-corrected chi connectivity index (χ3v) is 4.29. The zero-order valence-corrected chi connectivity index (χ0v) is 14.0. The first-order valence-electron chi connectivity index (χ1n) is 7.14. The lowest BCUT2D eigenvalue weighted by Gasteiger charge is -2.12. The Morgan fingerprint density at radius 2 is 1.74 bits per heavy atom. The first-order valence-corrected chi connectivity index (χ1v) is 7.93. The highest BCUT2D eigenvalue weighted by Crippen LogP contribution is 2.21. The van der Waals surface area contributed by atoms with E-state index in [4.69, 9.17) is 4.74 Å². The molecule has 1 N–H and O–H groups in total. The Morgan fingerprint density at radius 1 is 1.04 bits per heavy atom. The van der Waals surface area contributed by atoms with E-state index in [1.807, 2.05) is 24.3 Å². The van der Waals surface area contributed by atoms with Crippen LogP contribution in [0, 0.1) is 0 Å². The molecule has 0 aliphatic carbocycles. The summed E-state index contributed by atoms with van der Waals surface area (Å²) in [6.45, 7) is 1.58. The summed E-state index contributed by atoms with van der Waals surface area (Å²) in [6, 6.07) is 14.5. The summed E-state index contributed by atoms with van der Waals surface area (Å²) in [4.78, 5) is 27.8. The van der Waals surface area contributed by atoms with Crippen molar-refractivity contribution in [1.29, 1.82) is 0 Å². The molecule has 0 aliphatic heterocycles. The molecule has 0 aliphatic rings. The number of Topliss-reactive ketones (excluding diaryl/α,β-unsaturated/α-hetero) is 1. The number of ketones is 1. The van der Waals surface area contributed by atoms with E-state index in [0.29, 0.717) is 15.6 Å². The maximum atomic E-state index is 12.6. The summed E-state index contributed by atoms with van der Waals surface area (Å²) in [7, 11) is 0. The van der Waals surface area contributed by atoms with E-state index in [9.17, 15) is 9.59 Å². The van der Waals surface area contributed by atoms with Gasteiger partial charge in [-0.15, -0.1) is 0 Å². The van der Waals surface area contributed by atoms with Gasteiger partial charge in [0, 0.05) is 27.1 Å². The van der Waals surface area contributed by atoms with E-state index < -0.39 is 12.1 Å². The molecule has 3 aromatic rings. The third-order valence-electron chi connectivity index (χ3n) is 3.60. The molecule has 23 heavy (non-hydrogen) atoms. The first kappa shape index (κ1) is 15.5. The molecule has 0 bridgehead atoms. The molecule has 3 rings (SSSR count). The number of hydrogen-bond acceptors (Lipinski definition) is 3. The molecule has 0 radical (unpaired) electrons. The van der Waals surface area contributed by atoms with Crippen molar-refractivity contribution < 1.29 is 14.3 Å². The maximum Gasteiger partial charge on any atom is 0.339 e. The quantitative estimate of drug-likeness (QED) is 0.547. The molecule has 116 valence electrons. The number of rotatable bonds is 4. The van der Waals surface area contributed by atoms with Gasteiger partial charge in [0.2, 0.25) is 5.78 Å². The van der Waals surface area contributed by atoms with Crippen molar-refractivity contribution in [2.45, 2.75) is 13.0 Å². The largest absolute Gasteiger partial charge is 0.451 e. The van der Waals surface area contributed by atoms with Crippen LogP contribution >= 0.6 is 15.9 Å². The van der Waals surface area contributed by atoms with Crippen molar-refractivity contribution in [3.8, 4) is 0 Å². The van der Waals surface area contributed by atoms with Gasteiger partial charge < -0.3 is 9.72 Å². The molecule has 0 fully saturated rings. The second kappa shape index (κ2) is 6.38. The Morgan fingerprint density at radius 3 is 2.52 bits per heavy atom. The van der Waals surface area contributed by atoms with E-state index in [-0.39, 0.29) is 5.78 Å². The Bertz CT molecular complexity index is 885. The van der Waals surface area contributed by atoms with Crippen LogP contribution < -0.4 is 0 Å². The Kier molecular flexibility index (Phi) is 4.30. The highest BCUT2D eigenvalue weighted by molar-refractivity contribution is 9.10. The lowest BCUT2D eigenvalue weighted by Crippen LogP contribution is -2.24. The minimum atomic E-state index is -0.867. The van der Waals surface area contributed by atoms with Crippen LogP contribution in [-0.4, -0.2) is 22.8 Å². The topological polar surface area (TPSA) is 59.2 Å². The van der Waals surface area contributed by atoms with Crippen molar-refractivity contribution in [2.24, 2.45) is 0 Å². The molecule has 5 heteroatoms. The van der Waals surface area contributed by atoms with Crippen LogP contribution in [0.1, 0.15) is 27.6 Å². The van der Waals surface area contributed by atoms with Crippen molar-refractivity contribution in [3.05, 3.63) is 70.3 Å². The van der Waals surface area contributed by atoms with Crippen LogP contribution in [-0.2, 0) is 4.74 Å². The number of carbonyl (C=O) groups excluding carboxylic acids is 2. The summed E-state index contributed by atoms with van der Waals surface area (Å²) in [5.74, 6) is -0.763. The Labute approximate surface area is 141 Å². The van der Waals surface area contributed by atoms with Gasteiger partial charge in [0.05, 0.1) is 5.56 Å². The minimum Gasteiger partial charge on any atom is -0.451 e. The van der Waals surface area contributed by atoms with E-state index in [2.05, 4.69) is 20.9 Å². The number of ether oxygens (including phenoxy) is 1. The molecule has 0 unspecified atom stereocenters. The highest BCUT2D eigenvalue weighted by atomic mass is 79.9. The van der Waals surface area contributed by atoms with Gasteiger partial charge in [-0.2, -0.15) is 0 Å². The van der Waals surface area contributed by atoms with E-state index in [0.717, 1.165) is 10.9 Å². The van der Waals surface area contributed by atoms with Crippen molar-refractivity contribution >= 4 is 38.6 Å². The molecular formula is C18H14BrNO3. The predicted octanol–water partition coefficient (Wildman–Crippen LogP) is 4.36. The Balaban J connectivity index is 1.80. The third kappa shape index (κ3) is 3.05. The normalized spacial score (nSPS) is 12.1. The van der Waals surface area contributed by atoms with Crippen LogP contribution in [0.5, 0.6) is 0 Å². The first-order chi connectivity index (χ1) is 11.1. The van der Waals surface area contributed by atoms with Crippen molar-refractivity contribution in [2.75, 3.05) is 0 Å². The monoisotopic (exact) mass is 371 g/mol. The fraction of sp³-hybridized carbons (Fsp3) is 0.111. The van der Waals surface area contributed by atoms with Crippen LogP contribution in [0.25, 0.3) is 10.9 Å². The number of aromatic nitrogens is 1. The SMILES string of the molecule is C[C@@H](OC(=O)c1ccccc1Br)C(=O)c1c[nH]c2ccccc12. The number of carbonyl (C=O) groups is 2. The molecule has 0 spiro atoms.